The Morgan fingerprint density at radius 1 is 1.29 bits per heavy atom. The summed E-state index contributed by atoms with van der Waals surface area (Å²) in [6.45, 7) is 0. The predicted octanol–water partition coefficient (Wildman–Crippen LogP) is 1.10. The number of aldehydes is 1. The van der Waals surface area contributed by atoms with Crippen molar-refractivity contribution in [1.29, 1.82) is 0 Å². The van der Waals surface area contributed by atoms with Crippen molar-refractivity contribution >= 4 is 6.29 Å². The summed E-state index contributed by atoms with van der Waals surface area (Å²) in [5.41, 5.74) is 0.955. The van der Waals surface area contributed by atoms with E-state index in [9.17, 15) is 4.79 Å². The molecule has 1 aromatic carbocycles. The van der Waals surface area contributed by atoms with Crippen molar-refractivity contribution in [3.63, 3.8) is 0 Å². The first-order chi connectivity index (χ1) is 8.28. The molecule has 0 atom stereocenters. The minimum absolute atomic E-state index is 0.267. The third-order valence-electron chi connectivity index (χ3n) is 2.27. The molecule has 0 saturated carbocycles. The number of carbonyl (C=O) groups is 1. The number of carbonyl (C=O) groups excluding carboxylic acids is 1. The summed E-state index contributed by atoms with van der Waals surface area (Å²) in [6, 6.07) is 5.29. The molecule has 0 unspecified atom stereocenters. The highest BCUT2D eigenvalue weighted by atomic mass is 16.5. The number of hydrogen-bond donors (Lipinski definition) is 0. The molecule has 0 spiro atoms. The molecule has 0 aliphatic rings. The maximum Gasteiger partial charge on any atom is 0.171 e. The van der Waals surface area contributed by atoms with Crippen LogP contribution in [0.3, 0.4) is 0 Å². The van der Waals surface area contributed by atoms with Gasteiger partial charge in [0.25, 0.3) is 0 Å². The fourth-order valence-corrected chi connectivity index (χ4v) is 1.42. The number of ether oxygens (including phenoxy) is 2. The van der Waals surface area contributed by atoms with Crippen LogP contribution in [0.1, 0.15) is 10.5 Å². The Labute approximate surface area is 97.8 Å². The van der Waals surface area contributed by atoms with Crippen LogP contribution in [0, 0.1) is 0 Å². The summed E-state index contributed by atoms with van der Waals surface area (Å²) in [7, 11) is 3.13. The number of aromatic nitrogens is 3. The minimum Gasteiger partial charge on any atom is -0.497 e. The summed E-state index contributed by atoms with van der Waals surface area (Å²) in [4.78, 5) is 10.5. The highest BCUT2D eigenvalue weighted by molar-refractivity contribution is 5.71. The van der Waals surface area contributed by atoms with E-state index in [0.717, 1.165) is 0 Å². The van der Waals surface area contributed by atoms with Gasteiger partial charge in [-0.1, -0.05) is 5.21 Å². The maximum atomic E-state index is 10.5. The van der Waals surface area contributed by atoms with Crippen molar-refractivity contribution in [3.8, 4) is 17.2 Å². The molecule has 0 aliphatic carbocycles. The predicted molar refractivity (Wildman–Crippen MR) is 59.9 cm³/mol. The maximum absolute atomic E-state index is 10.5. The van der Waals surface area contributed by atoms with E-state index in [-0.39, 0.29) is 5.69 Å². The van der Waals surface area contributed by atoms with Crippen molar-refractivity contribution in [2.75, 3.05) is 14.2 Å². The number of hydrogen-bond acceptors (Lipinski definition) is 5. The van der Waals surface area contributed by atoms with Gasteiger partial charge in [0.05, 0.1) is 20.4 Å². The molecule has 0 N–H and O–H groups in total. The third kappa shape index (κ3) is 2.10. The number of nitrogens with zero attached hydrogens (tertiary/aromatic N) is 3. The van der Waals surface area contributed by atoms with Crippen LogP contribution in [-0.2, 0) is 0 Å². The van der Waals surface area contributed by atoms with Crippen molar-refractivity contribution in [2.45, 2.75) is 0 Å². The van der Waals surface area contributed by atoms with Gasteiger partial charge in [0.15, 0.2) is 6.29 Å². The van der Waals surface area contributed by atoms with E-state index in [4.69, 9.17) is 9.47 Å². The van der Waals surface area contributed by atoms with Crippen molar-refractivity contribution in [1.82, 2.24) is 15.0 Å². The second-order valence-electron chi connectivity index (χ2n) is 3.24. The minimum atomic E-state index is 0.267. The summed E-state index contributed by atoms with van der Waals surface area (Å²) in [5, 5.41) is 7.52. The smallest absolute Gasteiger partial charge is 0.171 e. The Hall–Kier alpha value is -2.37. The Balaban J connectivity index is 2.46. The van der Waals surface area contributed by atoms with E-state index in [2.05, 4.69) is 10.3 Å². The summed E-state index contributed by atoms with van der Waals surface area (Å²) < 4.78 is 11.8. The van der Waals surface area contributed by atoms with Crippen molar-refractivity contribution in [2.24, 2.45) is 0 Å². The van der Waals surface area contributed by atoms with Gasteiger partial charge in [-0.3, -0.25) is 4.79 Å². The zero-order valence-corrected chi connectivity index (χ0v) is 9.45. The summed E-state index contributed by atoms with van der Waals surface area (Å²) >= 11 is 0. The third-order valence-corrected chi connectivity index (χ3v) is 2.27. The first-order valence-corrected chi connectivity index (χ1v) is 4.88. The van der Waals surface area contributed by atoms with Crippen LogP contribution >= 0.6 is 0 Å². The van der Waals surface area contributed by atoms with Gasteiger partial charge in [-0.25, -0.2) is 4.68 Å². The summed E-state index contributed by atoms with van der Waals surface area (Å²) in [5.74, 6) is 1.27. The van der Waals surface area contributed by atoms with Crippen LogP contribution in [-0.4, -0.2) is 35.5 Å². The zero-order valence-electron chi connectivity index (χ0n) is 9.45. The molecule has 0 amide bonds. The highest BCUT2D eigenvalue weighted by Gasteiger charge is 2.09. The lowest BCUT2D eigenvalue weighted by Gasteiger charge is -2.09. The molecule has 0 radical (unpaired) electrons. The molecule has 0 saturated heterocycles. The first kappa shape index (κ1) is 11.1. The van der Waals surface area contributed by atoms with Crippen LogP contribution < -0.4 is 9.47 Å². The molecule has 1 heterocycles. The number of benzene rings is 1. The van der Waals surface area contributed by atoms with Gasteiger partial charge in [-0.05, 0) is 12.1 Å². The lowest BCUT2D eigenvalue weighted by molar-refractivity contribution is 0.111. The quantitative estimate of drug-likeness (QED) is 0.740. The molecule has 6 nitrogen and oxygen atoms in total. The molecule has 0 bridgehead atoms. The molecular formula is C11H11N3O3. The molecule has 0 aliphatic heterocycles. The van der Waals surface area contributed by atoms with E-state index in [1.165, 1.54) is 10.9 Å². The van der Waals surface area contributed by atoms with Gasteiger partial charge in [0.1, 0.15) is 22.9 Å². The van der Waals surface area contributed by atoms with Gasteiger partial charge in [-0.2, -0.15) is 0 Å². The van der Waals surface area contributed by atoms with Gasteiger partial charge < -0.3 is 9.47 Å². The Morgan fingerprint density at radius 3 is 2.71 bits per heavy atom. The summed E-state index contributed by atoms with van der Waals surface area (Å²) in [6.07, 6.45) is 2.16. The van der Waals surface area contributed by atoms with E-state index < -0.39 is 0 Å². The number of rotatable bonds is 4. The normalized spacial score (nSPS) is 10.0. The van der Waals surface area contributed by atoms with E-state index in [1.54, 1.807) is 32.4 Å². The molecule has 2 aromatic rings. The fourth-order valence-electron chi connectivity index (χ4n) is 1.42. The molecule has 0 fully saturated rings. The Kier molecular flexibility index (Phi) is 3.04. The lowest BCUT2D eigenvalue weighted by Crippen LogP contribution is -1.99. The SMILES string of the molecule is COc1ccc(-n2cc(C=O)nn2)c(OC)c1. The van der Waals surface area contributed by atoms with Crippen LogP contribution in [0.5, 0.6) is 11.5 Å². The molecule has 2 rings (SSSR count). The highest BCUT2D eigenvalue weighted by Crippen LogP contribution is 2.27. The lowest BCUT2D eigenvalue weighted by atomic mass is 10.2. The number of methoxy groups -OCH3 is 2. The first-order valence-electron chi connectivity index (χ1n) is 4.88. The zero-order chi connectivity index (χ0) is 12.3. The molecule has 88 valence electrons. The Morgan fingerprint density at radius 2 is 2.12 bits per heavy atom. The van der Waals surface area contributed by atoms with Gasteiger partial charge in [0.2, 0.25) is 0 Å². The van der Waals surface area contributed by atoms with Gasteiger partial charge >= 0.3 is 0 Å². The molecule has 6 heteroatoms. The van der Waals surface area contributed by atoms with E-state index in [0.29, 0.717) is 23.5 Å². The second kappa shape index (κ2) is 4.65. The monoisotopic (exact) mass is 233 g/mol. The van der Waals surface area contributed by atoms with E-state index >= 15 is 0 Å². The second-order valence-corrected chi connectivity index (χ2v) is 3.24. The largest absolute Gasteiger partial charge is 0.497 e. The van der Waals surface area contributed by atoms with Crippen LogP contribution in [0.25, 0.3) is 5.69 Å². The van der Waals surface area contributed by atoms with Gasteiger partial charge in [-0.15, -0.1) is 5.10 Å². The van der Waals surface area contributed by atoms with Crippen LogP contribution in [0.15, 0.2) is 24.4 Å². The molecular weight excluding hydrogens is 222 g/mol. The van der Waals surface area contributed by atoms with Gasteiger partial charge in [0, 0.05) is 6.07 Å². The topological polar surface area (TPSA) is 66.2 Å². The standard InChI is InChI=1S/C11H11N3O3/c1-16-9-3-4-10(11(5-9)17-2)14-6-8(7-15)12-13-14/h3-7H,1-2H3. The molecule has 1 aromatic heterocycles. The molecule has 17 heavy (non-hydrogen) atoms. The van der Waals surface area contributed by atoms with E-state index in [1.807, 2.05) is 0 Å². The van der Waals surface area contributed by atoms with Crippen LogP contribution in [0.4, 0.5) is 0 Å². The van der Waals surface area contributed by atoms with Crippen LogP contribution in [0.2, 0.25) is 0 Å². The van der Waals surface area contributed by atoms with Crippen molar-refractivity contribution in [3.05, 3.63) is 30.1 Å². The Bertz CT molecular complexity index is 537. The average molecular weight is 233 g/mol. The fraction of sp³-hybridized carbons (Fsp3) is 0.182. The van der Waals surface area contributed by atoms with Crippen molar-refractivity contribution < 1.29 is 14.3 Å². The average Bonchev–Trinajstić information content (AvgIpc) is 2.86.